The fourth-order valence-corrected chi connectivity index (χ4v) is 4.23. The Morgan fingerprint density at radius 3 is 2.54 bits per heavy atom. The summed E-state index contributed by atoms with van der Waals surface area (Å²) in [5.41, 5.74) is -0.585. The van der Waals surface area contributed by atoms with Crippen molar-refractivity contribution in [3.8, 4) is 0 Å². The van der Waals surface area contributed by atoms with Crippen LogP contribution in [0.4, 0.5) is 9.59 Å². The Kier molecular flexibility index (Phi) is 4.48. The minimum Gasteiger partial charge on any atom is -0.444 e. The lowest BCUT2D eigenvalue weighted by molar-refractivity contribution is -0.0584. The number of urea groups is 1. The van der Waals surface area contributed by atoms with E-state index in [-0.39, 0.29) is 24.0 Å². The van der Waals surface area contributed by atoms with Crippen LogP contribution in [0.3, 0.4) is 0 Å². The zero-order chi connectivity index (χ0) is 20.2. The lowest BCUT2D eigenvalue weighted by Crippen LogP contribution is -2.36. The summed E-state index contributed by atoms with van der Waals surface area (Å²) in [5, 5.41) is 19.0. The van der Waals surface area contributed by atoms with E-state index in [0.717, 1.165) is 5.06 Å². The summed E-state index contributed by atoms with van der Waals surface area (Å²) < 4.78 is 11.5. The molecule has 0 saturated carbocycles. The number of aromatic nitrogens is 2. The van der Waals surface area contributed by atoms with E-state index in [1.54, 1.807) is 9.80 Å². The molecular formula is C18H27N5O5. The van der Waals surface area contributed by atoms with Gasteiger partial charge in [-0.15, -0.1) is 10.2 Å². The molecule has 1 N–H and O–H groups in total. The normalized spacial score (nSPS) is 30.3. The van der Waals surface area contributed by atoms with Gasteiger partial charge >= 0.3 is 12.1 Å². The summed E-state index contributed by atoms with van der Waals surface area (Å²) in [5.74, 6) is 0.993. The summed E-state index contributed by atoms with van der Waals surface area (Å²) in [6.45, 7) is 8.57. The van der Waals surface area contributed by atoms with Crippen LogP contribution in [0.2, 0.25) is 0 Å². The van der Waals surface area contributed by atoms with Crippen LogP contribution in [0.25, 0.3) is 0 Å². The van der Waals surface area contributed by atoms with E-state index in [1.807, 2.05) is 20.8 Å². The van der Waals surface area contributed by atoms with Crippen LogP contribution in [-0.2, 0) is 4.74 Å². The van der Waals surface area contributed by atoms with Gasteiger partial charge in [-0.2, -0.15) is 0 Å². The molecule has 4 atom stereocenters. The van der Waals surface area contributed by atoms with E-state index >= 15 is 0 Å². The van der Waals surface area contributed by atoms with Crippen LogP contribution in [0.1, 0.15) is 70.8 Å². The molecule has 4 rings (SSSR count). The van der Waals surface area contributed by atoms with Crippen LogP contribution in [0.15, 0.2) is 4.42 Å². The lowest BCUT2D eigenvalue weighted by Gasteiger charge is -2.28. The first-order valence-electron chi connectivity index (χ1n) is 9.75. The molecule has 4 heterocycles. The number of hydrogen-bond donors (Lipinski definition) is 1. The SMILES string of the molecule is C[C@H]1C[C@H](c2nnc([C@@H]3CC[C@@H]4CN3C(=O)N4O)o2)N(C(=O)OC(C)(C)C)C1. The quantitative estimate of drug-likeness (QED) is 0.769. The van der Waals surface area contributed by atoms with Gasteiger partial charge < -0.3 is 14.1 Å². The zero-order valence-corrected chi connectivity index (χ0v) is 16.7. The van der Waals surface area contributed by atoms with Gasteiger partial charge in [0.25, 0.3) is 0 Å². The molecule has 1 aromatic heterocycles. The molecule has 0 aromatic carbocycles. The van der Waals surface area contributed by atoms with Gasteiger partial charge in [-0.05, 0) is 46.0 Å². The Labute approximate surface area is 163 Å². The summed E-state index contributed by atoms with van der Waals surface area (Å²) in [4.78, 5) is 28.0. The van der Waals surface area contributed by atoms with E-state index in [2.05, 4.69) is 17.1 Å². The topological polar surface area (TPSA) is 112 Å². The number of carbonyl (C=O) groups excluding carboxylic acids is 2. The fraction of sp³-hybridized carbons (Fsp3) is 0.778. The molecule has 3 saturated heterocycles. The Bertz CT molecular complexity index is 775. The first-order valence-corrected chi connectivity index (χ1v) is 9.75. The molecule has 3 amide bonds. The second-order valence-electron chi connectivity index (χ2n) is 8.99. The van der Waals surface area contributed by atoms with Crippen molar-refractivity contribution >= 4 is 12.1 Å². The molecule has 10 heteroatoms. The number of fused-ring (bicyclic) bond motifs is 2. The van der Waals surface area contributed by atoms with E-state index in [9.17, 15) is 14.8 Å². The summed E-state index contributed by atoms with van der Waals surface area (Å²) >= 11 is 0. The van der Waals surface area contributed by atoms with Gasteiger partial charge in [0.2, 0.25) is 11.8 Å². The second-order valence-corrected chi connectivity index (χ2v) is 8.99. The Hall–Kier alpha value is -2.36. The van der Waals surface area contributed by atoms with E-state index in [0.29, 0.717) is 44.1 Å². The number of hydrogen-bond acceptors (Lipinski definition) is 7. The summed E-state index contributed by atoms with van der Waals surface area (Å²) in [7, 11) is 0. The zero-order valence-electron chi connectivity index (χ0n) is 16.7. The monoisotopic (exact) mass is 393 g/mol. The van der Waals surface area contributed by atoms with Gasteiger partial charge in [-0.25, -0.2) is 14.7 Å². The average Bonchev–Trinajstić information content (AvgIpc) is 3.29. The maximum absolute atomic E-state index is 12.6. The standard InChI is InChI=1S/C18H27N5O5/c1-10-7-13(22(8-10)17(25)28-18(2,3)4)15-20-19-14(27-15)12-6-5-11-9-21(12)16(24)23(11)26/h10-13,26H,5-9H2,1-4H3/t10-,11+,12-,13+/m0/s1. The van der Waals surface area contributed by atoms with Crippen molar-refractivity contribution in [1.29, 1.82) is 0 Å². The van der Waals surface area contributed by atoms with Crippen LogP contribution in [-0.4, -0.2) is 67.1 Å². The number of amides is 3. The Morgan fingerprint density at radius 1 is 1.18 bits per heavy atom. The lowest BCUT2D eigenvalue weighted by atomic mass is 10.0. The van der Waals surface area contributed by atoms with Crippen LogP contribution in [0, 0.1) is 5.92 Å². The van der Waals surface area contributed by atoms with E-state index in [4.69, 9.17) is 9.15 Å². The second kappa shape index (κ2) is 6.61. The third-order valence-corrected chi connectivity index (χ3v) is 5.51. The highest BCUT2D eigenvalue weighted by atomic mass is 16.6. The van der Waals surface area contributed by atoms with Gasteiger partial charge in [-0.3, -0.25) is 10.1 Å². The number of hydroxylamine groups is 2. The molecule has 3 aliphatic heterocycles. The Morgan fingerprint density at radius 2 is 1.86 bits per heavy atom. The van der Waals surface area contributed by atoms with E-state index in [1.165, 1.54) is 0 Å². The Balaban J connectivity index is 1.53. The molecule has 0 radical (unpaired) electrons. The van der Waals surface area contributed by atoms with Crippen LogP contribution < -0.4 is 0 Å². The highest BCUT2D eigenvalue weighted by molar-refractivity contribution is 5.76. The number of nitrogens with zero attached hydrogens (tertiary/aromatic N) is 5. The smallest absolute Gasteiger partial charge is 0.410 e. The number of ether oxygens (including phenoxy) is 1. The molecule has 0 spiro atoms. The van der Waals surface area contributed by atoms with Crippen LogP contribution >= 0.6 is 0 Å². The number of likely N-dealkylation sites (tertiary alicyclic amines) is 1. The van der Waals surface area contributed by atoms with Gasteiger partial charge in [0, 0.05) is 13.1 Å². The molecule has 10 nitrogen and oxygen atoms in total. The molecular weight excluding hydrogens is 366 g/mol. The molecule has 3 fully saturated rings. The minimum absolute atomic E-state index is 0.176. The molecule has 1 aromatic rings. The molecule has 154 valence electrons. The van der Waals surface area contributed by atoms with Gasteiger partial charge in [0.15, 0.2) is 0 Å². The van der Waals surface area contributed by atoms with Crippen molar-refractivity contribution < 1.29 is 24.0 Å². The largest absolute Gasteiger partial charge is 0.444 e. The van der Waals surface area contributed by atoms with Crippen molar-refractivity contribution in [2.24, 2.45) is 5.92 Å². The van der Waals surface area contributed by atoms with Crippen molar-refractivity contribution in [3.05, 3.63) is 11.8 Å². The average molecular weight is 393 g/mol. The van der Waals surface area contributed by atoms with Gasteiger partial charge in [-0.1, -0.05) is 6.92 Å². The third-order valence-electron chi connectivity index (χ3n) is 5.51. The molecule has 0 aliphatic carbocycles. The first kappa shape index (κ1) is 19.0. The molecule has 28 heavy (non-hydrogen) atoms. The first-order chi connectivity index (χ1) is 13.1. The van der Waals surface area contributed by atoms with E-state index < -0.39 is 17.7 Å². The molecule has 2 bridgehead atoms. The number of rotatable bonds is 2. The van der Waals surface area contributed by atoms with Gasteiger partial charge in [0.1, 0.15) is 17.7 Å². The number of piperidine rings is 1. The highest BCUT2D eigenvalue weighted by Gasteiger charge is 2.47. The van der Waals surface area contributed by atoms with Crippen molar-refractivity contribution in [2.45, 2.75) is 70.7 Å². The van der Waals surface area contributed by atoms with Crippen molar-refractivity contribution in [2.75, 3.05) is 13.1 Å². The summed E-state index contributed by atoms with van der Waals surface area (Å²) in [6, 6.07) is -1.30. The van der Waals surface area contributed by atoms with Crippen LogP contribution in [0.5, 0.6) is 0 Å². The fourth-order valence-electron chi connectivity index (χ4n) is 4.23. The minimum atomic E-state index is -0.585. The molecule has 3 aliphatic rings. The number of carbonyl (C=O) groups is 2. The van der Waals surface area contributed by atoms with Crippen molar-refractivity contribution in [3.63, 3.8) is 0 Å². The maximum atomic E-state index is 12.6. The predicted octanol–water partition coefficient (Wildman–Crippen LogP) is 2.72. The van der Waals surface area contributed by atoms with Crippen molar-refractivity contribution in [1.82, 2.24) is 25.1 Å². The highest BCUT2D eigenvalue weighted by Crippen LogP contribution is 2.40. The summed E-state index contributed by atoms with van der Waals surface area (Å²) in [6.07, 6.45) is 1.63. The maximum Gasteiger partial charge on any atom is 0.410 e. The molecule has 0 unspecified atom stereocenters. The van der Waals surface area contributed by atoms with Gasteiger partial charge in [0.05, 0.1) is 6.04 Å². The predicted molar refractivity (Wildman–Crippen MR) is 95.3 cm³/mol. The third kappa shape index (κ3) is 3.30.